The van der Waals surface area contributed by atoms with E-state index in [-0.39, 0.29) is 29.2 Å². The van der Waals surface area contributed by atoms with Gasteiger partial charge in [-0.2, -0.15) is 0 Å². The molecule has 0 bridgehead atoms. The number of para-hydroxylation sites is 1. The van der Waals surface area contributed by atoms with Crippen LogP contribution in [0.5, 0.6) is 0 Å². The van der Waals surface area contributed by atoms with E-state index in [0.717, 1.165) is 41.8 Å². The highest BCUT2D eigenvalue weighted by molar-refractivity contribution is 6.33. The molecular weight excluding hydrogens is 557 g/mol. The lowest BCUT2D eigenvalue weighted by atomic mass is 9.91. The Morgan fingerprint density at radius 3 is 2.79 bits per heavy atom. The van der Waals surface area contributed by atoms with Crippen molar-refractivity contribution in [1.29, 1.82) is 0 Å². The lowest BCUT2D eigenvalue weighted by Crippen LogP contribution is -2.42. The predicted molar refractivity (Wildman–Crippen MR) is 164 cm³/mol. The highest BCUT2D eigenvalue weighted by Gasteiger charge is 2.25. The number of anilines is 2. The van der Waals surface area contributed by atoms with Crippen LogP contribution in [0, 0.1) is 5.82 Å². The van der Waals surface area contributed by atoms with Gasteiger partial charge < -0.3 is 25.8 Å². The molecule has 218 valence electrons. The smallest absolute Gasteiger partial charge is 0.251 e. The van der Waals surface area contributed by atoms with Crippen molar-refractivity contribution < 1.29 is 14.0 Å². The SMILES string of the molecule is CN(C)CC=CC(=O)Nc1ccc(C(=O)N[C@H]2CCC[C@@H](Nc3ncc(Cl)c(-c4c[nH]c5ccccc45)n3)C2)cc1F. The van der Waals surface area contributed by atoms with Gasteiger partial charge in [0.25, 0.3) is 5.91 Å². The van der Waals surface area contributed by atoms with Crippen LogP contribution in [0.1, 0.15) is 36.0 Å². The molecule has 2 aromatic carbocycles. The number of amides is 2. The van der Waals surface area contributed by atoms with Crippen LogP contribution in [0.4, 0.5) is 16.0 Å². The zero-order valence-electron chi connectivity index (χ0n) is 23.5. The number of aromatic nitrogens is 3. The number of nitrogens with zero attached hydrogens (tertiary/aromatic N) is 3. The van der Waals surface area contributed by atoms with Gasteiger partial charge in [-0.1, -0.05) is 35.9 Å². The number of H-pyrrole nitrogens is 1. The first-order valence-electron chi connectivity index (χ1n) is 13.8. The molecule has 0 unspecified atom stereocenters. The Balaban J connectivity index is 1.19. The Morgan fingerprint density at radius 1 is 1.17 bits per heavy atom. The van der Waals surface area contributed by atoms with Gasteiger partial charge >= 0.3 is 0 Å². The minimum Gasteiger partial charge on any atom is -0.360 e. The van der Waals surface area contributed by atoms with E-state index in [1.165, 1.54) is 18.2 Å². The number of hydrogen-bond donors (Lipinski definition) is 4. The molecule has 2 amide bonds. The number of nitrogens with one attached hydrogen (secondary N) is 4. The monoisotopic (exact) mass is 589 g/mol. The fourth-order valence-corrected chi connectivity index (χ4v) is 5.29. The summed E-state index contributed by atoms with van der Waals surface area (Å²) < 4.78 is 14.7. The quantitative estimate of drug-likeness (QED) is 0.188. The molecule has 42 heavy (non-hydrogen) atoms. The zero-order valence-corrected chi connectivity index (χ0v) is 24.2. The first-order valence-corrected chi connectivity index (χ1v) is 14.2. The second-order valence-electron chi connectivity index (χ2n) is 10.7. The van der Waals surface area contributed by atoms with Crippen LogP contribution in [-0.4, -0.2) is 64.4 Å². The van der Waals surface area contributed by atoms with Crippen LogP contribution in [-0.2, 0) is 4.79 Å². The van der Waals surface area contributed by atoms with Crippen molar-refractivity contribution in [2.45, 2.75) is 37.8 Å². The predicted octanol–water partition coefficient (Wildman–Crippen LogP) is 5.63. The molecule has 9 nitrogen and oxygen atoms in total. The van der Waals surface area contributed by atoms with Gasteiger partial charge in [0.15, 0.2) is 0 Å². The topological polar surface area (TPSA) is 115 Å². The Kier molecular flexibility index (Phi) is 9.14. The van der Waals surface area contributed by atoms with Gasteiger partial charge in [0.05, 0.1) is 22.6 Å². The summed E-state index contributed by atoms with van der Waals surface area (Å²) in [6, 6.07) is 11.9. The summed E-state index contributed by atoms with van der Waals surface area (Å²) in [5.74, 6) is -1.02. The molecule has 1 aliphatic carbocycles. The summed E-state index contributed by atoms with van der Waals surface area (Å²) in [5, 5.41) is 10.4. The number of rotatable bonds is 9. The highest BCUT2D eigenvalue weighted by atomic mass is 35.5. The number of aromatic amines is 1. The summed E-state index contributed by atoms with van der Waals surface area (Å²) in [4.78, 5) is 39.3. The zero-order chi connectivity index (χ0) is 29.6. The number of halogens is 2. The Morgan fingerprint density at radius 2 is 1.98 bits per heavy atom. The van der Waals surface area contributed by atoms with Gasteiger partial charge in [-0.15, -0.1) is 0 Å². The summed E-state index contributed by atoms with van der Waals surface area (Å²) in [7, 11) is 3.76. The Bertz CT molecular complexity index is 1620. The Hall–Kier alpha value is -4.28. The van der Waals surface area contributed by atoms with Crippen LogP contribution in [0.15, 0.2) is 67.0 Å². The van der Waals surface area contributed by atoms with Crippen molar-refractivity contribution in [3.63, 3.8) is 0 Å². The normalized spacial score (nSPS) is 17.1. The van der Waals surface area contributed by atoms with Crippen molar-refractivity contribution in [3.05, 3.63) is 83.4 Å². The molecule has 0 spiro atoms. The standard InChI is InChI=1S/C31H33ClFN7O2/c1-40(2)14-6-11-28(41)38-27-13-12-19(15-25(27)33)30(42)36-20-7-5-8-21(16-20)37-31-35-18-24(32)29(39-31)23-17-34-26-10-4-3-9-22(23)26/h3-4,6,9-13,15,17-18,20-21,34H,5,7-8,14,16H2,1-2H3,(H,36,42)(H,38,41)(H,35,37,39)/t20-,21+/m0/s1. The number of carbonyl (C=O) groups is 2. The van der Waals surface area contributed by atoms with Crippen molar-refractivity contribution in [1.82, 2.24) is 25.2 Å². The van der Waals surface area contributed by atoms with Gasteiger partial charge in [0.2, 0.25) is 11.9 Å². The number of carbonyl (C=O) groups excluding carboxylic acids is 2. The van der Waals surface area contributed by atoms with Crippen LogP contribution in [0.2, 0.25) is 5.02 Å². The summed E-state index contributed by atoms with van der Waals surface area (Å²) in [5.41, 5.74) is 2.73. The van der Waals surface area contributed by atoms with Crippen LogP contribution < -0.4 is 16.0 Å². The largest absolute Gasteiger partial charge is 0.360 e. The summed E-state index contributed by atoms with van der Waals surface area (Å²) in [6.45, 7) is 0.589. The maximum Gasteiger partial charge on any atom is 0.251 e. The van der Waals surface area contributed by atoms with Crippen molar-refractivity contribution in [2.24, 2.45) is 0 Å². The van der Waals surface area contributed by atoms with E-state index in [1.807, 2.05) is 49.5 Å². The van der Waals surface area contributed by atoms with Gasteiger partial charge in [0, 0.05) is 52.9 Å². The molecule has 0 saturated heterocycles. The third kappa shape index (κ3) is 7.13. The summed E-state index contributed by atoms with van der Waals surface area (Å²) >= 11 is 6.48. The highest BCUT2D eigenvalue weighted by Crippen LogP contribution is 2.33. The number of hydrogen-bond acceptors (Lipinski definition) is 6. The molecule has 0 aliphatic heterocycles. The maximum atomic E-state index is 14.7. The third-order valence-electron chi connectivity index (χ3n) is 7.16. The van der Waals surface area contributed by atoms with Gasteiger partial charge in [0.1, 0.15) is 5.82 Å². The lowest BCUT2D eigenvalue weighted by Gasteiger charge is -2.30. The van der Waals surface area contributed by atoms with E-state index in [9.17, 15) is 14.0 Å². The number of benzene rings is 2. The first kappa shape index (κ1) is 29.2. The molecule has 0 radical (unpaired) electrons. The number of likely N-dealkylation sites (N-methyl/N-ethyl adjacent to an activating group) is 1. The molecule has 4 aromatic rings. The average Bonchev–Trinajstić information content (AvgIpc) is 3.39. The number of fused-ring (bicyclic) bond motifs is 1. The Labute approximate surface area is 248 Å². The minimum atomic E-state index is -0.675. The molecule has 2 atom stereocenters. The fraction of sp³-hybridized carbons (Fsp3) is 0.290. The van der Waals surface area contributed by atoms with E-state index in [0.29, 0.717) is 29.6 Å². The fourth-order valence-electron chi connectivity index (χ4n) is 5.10. The van der Waals surface area contributed by atoms with E-state index in [1.54, 1.807) is 12.3 Å². The molecule has 1 aliphatic rings. The van der Waals surface area contributed by atoms with Crippen molar-refractivity contribution in [2.75, 3.05) is 31.3 Å². The van der Waals surface area contributed by atoms with Gasteiger partial charge in [-0.25, -0.2) is 14.4 Å². The van der Waals surface area contributed by atoms with Crippen molar-refractivity contribution >= 4 is 46.0 Å². The molecule has 5 rings (SSSR count). The van der Waals surface area contributed by atoms with E-state index >= 15 is 0 Å². The first-order chi connectivity index (χ1) is 20.3. The third-order valence-corrected chi connectivity index (χ3v) is 7.44. The molecule has 1 fully saturated rings. The molecule has 11 heteroatoms. The maximum absolute atomic E-state index is 14.7. The van der Waals surface area contributed by atoms with Crippen LogP contribution in [0.3, 0.4) is 0 Å². The van der Waals surface area contributed by atoms with E-state index in [4.69, 9.17) is 16.6 Å². The second kappa shape index (κ2) is 13.1. The molecular formula is C31H33ClFN7O2. The minimum absolute atomic E-state index is 0.0166. The summed E-state index contributed by atoms with van der Waals surface area (Å²) in [6.07, 6.45) is 9.78. The van der Waals surface area contributed by atoms with E-state index in [2.05, 4.69) is 25.9 Å². The average molecular weight is 590 g/mol. The lowest BCUT2D eigenvalue weighted by molar-refractivity contribution is -0.111. The molecule has 2 heterocycles. The molecule has 4 N–H and O–H groups in total. The second-order valence-corrected chi connectivity index (χ2v) is 11.1. The van der Waals surface area contributed by atoms with Gasteiger partial charge in [-0.3, -0.25) is 9.59 Å². The van der Waals surface area contributed by atoms with Crippen LogP contribution in [0.25, 0.3) is 22.2 Å². The molecule has 2 aromatic heterocycles. The van der Waals surface area contributed by atoms with Crippen molar-refractivity contribution in [3.8, 4) is 11.3 Å². The van der Waals surface area contributed by atoms with Gasteiger partial charge in [-0.05, 0) is 64.0 Å². The van der Waals surface area contributed by atoms with Crippen LogP contribution >= 0.6 is 11.6 Å². The molecule has 1 saturated carbocycles. The van der Waals surface area contributed by atoms with E-state index < -0.39 is 11.7 Å².